The van der Waals surface area contributed by atoms with Gasteiger partial charge in [-0.25, -0.2) is 8.42 Å². The fourth-order valence-corrected chi connectivity index (χ4v) is 5.83. The second-order valence-corrected chi connectivity index (χ2v) is 10.5. The third kappa shape index (κ3) is 4.03. The van der Waals surface area contributed by atoms with Crippen LogP contribution in [0.5, 0.6) is 0 Å². The van der Waals surface area contributed by atoms with Crippen molar-refractivity contribution in [2.75, 3.05) is 26.2 Å². The lowest BCUT2D eigenvalue weighted by Crippen LogP contribution is -2.38. The molecular formula is C22H29N3O4S. The Morgan fingerprint density at radius 1 is 1.03 bits per heavy atom. The van der Waals surface area contributed by atoms with E-state index >= 15 is 0 Å². The number of nitrogens with one attached hydrogen (secondary N) is 1. The Bertz CT molecular complexity index is 1090. The predicted octanol–water partition coefficient (Wildman–Crippen LogP) is 2.96. The van der Waals surface area contributed by atoms with Gasteiger partial charge >= 0.3 is 0 Å². The zero-order valence-corrected chi connectivity index (χ0v) is 18.2. The maximum atomic E-state index is 13.1. The third-order valence-electron chi connectivity index (χ3n) is 6.36. The second-order valence-electron chi connectivity index (χ2n) is 8.53. The van der Waals surface area contributed by atoms with E-state index in [2.05, 4.69) is 11.9 Å². The first-order chi connectivity index (χ1) is 14.4. The average molecular weight is 432 g/mol. The van der Waals surface area contributed by atoms with Gasteiger partial charge in [0.2, 0.25) is 15.5 Å². The molecule has 8 heteroatoms. The number of carbonyl (C=O) groups is 1. The number of amides is 1. The maximum absolute atomic E-state index is 13.1. The quantitative estimate of drug-likeness (QED) is 0.809. The molecule has 30 heavy (non-hydrogen) atoms. The lowest BCUT2D eigenvalue weighted by molar-refractivity contribution is 0.0760. The van der Waals surface area contributed by atoms with Crippen LogP contribution in [0.25, 0.3) is 10.9 Å². The zero-order chi connectivity index (χ0) is 21.3. The van der Waals surface area contributed by atoms with Crippen LogP contribution in [0, 0.1) is 5.92 Å². The van der Waals surface area contributed by atoms with Crippen LogP contribution in [-0.2, 0) is 10.0 Å². The number of carbonyl (C=O) groups excluding carboxylic acids is 1. The van der Waals surface area contributed by atoms with E-state index in [4.69, 9.17) is 0 Å². The van der Waals surface area contributed by atoms with Gasteiger partial charge in [0.05, 0.1) is 4.90 Å². The van der Waals surface area contributed by atoms with Crippen molar-refractivity contribution < 1.29 is 13.2 Å². The summed E-state index contributed by atoms with van der Waals surface area (Å²) in [6, 6.07) is 4.55. The highest BCUT2D eigenvalue weighted by Crippen LogP contribution is 2.25. The van der Waals surface area contributed by atoms with Crippen LogP contribution >= 0.6 is 0 Å². The zero-order valence-electron chi connectivity index (χ0n) is 17.4. The van der Waals surface area contributed by atoms with Crippen molar-refractivity contribution in [1.82, 2.24) is 14.2 Å². The van der Waals surface area contributed by atoms with E-state index in [9.17, 15) is 18.0 Å². The van der Waals surface area contributed by atoms with E-state index in [1.807, 2.05) is 0 Å². The highest BCUT2D eigenvalue weighted by molar-refractivity contribution is 7.89. The van der Waals surface area contributed by atoms with Crippen LogP contribution in [-0.4, -0.2) is 54.7 Å². The van der Waals surface area contributed by atoms with Gasteiger partial charge in [-0.3, -0.25) is 9.59 Å². The molecule has 1 N–H and O–H groups in total. The molecule has 7 nitrogen and oxygen atoms in total. The number of H-pyrrole nitrogens is 1. The van der Waals surface area contributed by atoms with Crippen LogP contribution < -0.4 is 5.43 Å². The van der Waals surface area contributed by atoms with Gasteiger partial charge in [0.1, 0.15) is 5.56 Å². The number of fused-ring (bicyclic) bond motifs is 1. The highest BCUT2D eigenvalue weighted by atomic mass is 32.2. The lowest BCUT2D eigenvalue weighted by Gasteiger charge is -2.29. The second kappa shape index (κ2) is 8.51. The summed E-state index contributed by atoms with van der Waals surface area (Å²) in [5, 5.41) is 0.238. The molecule has 1 amide bonds. The van der Waals surface area contributed by atoms with Crippen LogP contribution in [0.3, 0.4) is 0 Å². The summed E-state index contributed by atoms with van der Waals surface area (Å²) in [6.07, 6.45) is 7.19. The molecule has 2 aliphatic rings. The molecule has 162 valence electrons. The summed E-state index contributed by atoms with van der Waals surface area (Å²) >= 11 is 0. The molecule has 0 aliphatic carbocycles. The third-order valence-corrected chi connectivity index (χ3v) is 8.25. The van der Waals surface area contributed by atoms with Gasteiger partial charge in [-0.1, -0.05) is 19.8 Å². The Balaban J connectivity index is 1.69. The van der Waals surface area contributed by atoms with Crippen LogP contribution in [0.2, 0.25) is 0 Å². The minimum absolute atomic E-state index is 0.0748. The maximum Gasteiger partial charge on any atom is 0.259 e. The number of hydrogen-bond acceptors (Lipinski definition) is 4. The van der Waals surface area contributed by atoms with Crippen molar-refractivity contribution in [2.45, 2.75) is 50.3 Å². The Morgan fingerprint density at radius 3 is 2.37 bits per heavy atom. The Morgan fingerprint density at radius 2 is 1.70 bits per heavy atom. The van der Waals surface area contributed by atoms with E-state index < -0.39 is 15.5 Å². The van der Waals surface area contributed by atoms with Crippen molar-refractivity contribution in [3.63, 3.8) is 0 Å². The first-order valence-corrected chi connectivity index (χ1v) is 12.3. The number of aromatic nitrogens is 1. The summed E-state index contributed by atoms with van der Waals surface area (Å²) in [7, 11) is -3.67. The van der Waals surface area contributed by atoms with Crippen molar-refractivity contribution in [2.24, 2.45) is 5.92 Å². The molecule has 0 saturated carbocycles. The number of hydrogen-bond donors (Lipinski definition) is 1. The number of nitrogens with zero attached hydrogens (tertiary/aromatic N) is 2. The SMILES string of the molecule is CC1CCN(S(=O)(=O)c2ccc3[nH]cc(C(=O)N4CCCCCC4)c(=O)c3c2)CC1. The number of likely N-dealkylation sites (tertiary alicyclic amines) is 1. The topological polar surface area (TPSA) is 90.6 Å². The van der Waals surface area contributed by atoms with Crippen molar-refractivity contribution in [3.05, 3.63) is 40.2 Å². The monoisotopic (exact) mass is 431 g/mol. The minimum atomic E-state index is -3.67. The van der Waals surface area contributed by atoms with Crippen LogP contribution in [0.4, 0.5) is 0 Å². The molecule has 0 radical (unpaired) electrons. The van der Waals surface area contributed by atoms with Gasteiger partial charge in [-0.15, -0.1) is 0 Å². The molecule has 0 spiro atoms. The average Bonchev–Trinajstić information content (AvgIpc) is 3.03. The molecule has 2 saturated heterocycles. The van der Waals surface area contributed by atoms with Crippen LogP contribution in [0.1, 0.15) is 55.8 Å². The molecule has 1 aromatic heterocycles. The van der Waals surface area contributed by atoms with E-state index in [1.165, 1.54) is 22.6 Å². The van der Waals surface area contributed by atoms with Gasteiger partial charge < -0.3 is 9.88 Å². The molecule has 4 rings (SSSR count). The number of piperidine rings is 1. The predicted molar refractivity (Wildman–Crippen MR) is 116 cm³/mol. The lowest BCUT2D eigenvalue weighted by atomic mass is 10.0. The summed E-state index contributed by atoms with van der Waals surface area (Å²) in [4.78, 5) is 30.9. The minimum Gasteiger partial charge on any atom is -0.360 e. The van der Waals surface area contributed by atoms with Gasteiger partial charge in [-0.05, 0) is 49.8 Å². The number of pyridine rings is 1. The number of sulfonamides is 1. The largest absolute Gasteiger partial charge is 0.360 e. The number of aromatic amines is 1. The molecule has 1 aromatic carbocycles. The van der Waals surface area contributed by atoms with Gasteiger partial charge in [0, 0.05) is 43.3 Å². The van der Waals surface area contributed by atoms with Crippen molar-refractivity contribution in [1.29, 1.82) is 0 Å². The standard InChI is InChI=1S/C22H29N3O4S/c1-16-8-12-25(13-9-16)30(28,29)17-6-7-20-18(14-17)21(26)19(15-23-20)22(27)24-10-4-2-3-5-11-24/h6-7,14-16H,2-5,8-13H2,1H3,(H,23,26). The first-order valence-electron chi connectivity index (χ1n) is 10.8. The molecule has 3 heterocycles. The summed E-state index contributed by atoms with van der Waals surface area (Å²) in [5.41, 5.74) is 0.187. The highest BCUT2D eigenvalue weighted by Gasteiger charge is 2.29. The van der Waals surface area contributed by atoms with E-state index in [0.717, 1.165) is 38.5 Å². The van der Waals surface area contributed by atoms with Crippen molar-refractivity contribution >= 4 is 26.8 Å². The van der Waals surface area contributed by atoms with Crippen molar-refractivity contribution in [3.8, 4) is 0 Å². The Kier molecular flexibility index (Phi) is 5.97. The molecule has 0 bridgehead atoms. The first kappa shape index (κ1) is 21.1. The summed E-state index contributed by atoms with van der Waals surface area (Å²) in [5.74, 6) is 0.238. The number of rotatable bonds is 3. The molecule has 2 aliphatic heterocycles. The number of benzene rings is 1. The van der Waals surface area contributed by atoms with Gasteiger partial charge in [0.15, 0.2) is 0 Å². The van der Waals surface area contributed by atoms with Gasteiger partial charge in [0.25, 0.3) is 5.91 Å². The summed E-state index contributed by atoms with van der Waals surface area (Å²) in [6.45, 7) is 4.41. The molecular weight excluding hydrogens is 402 g/mol. The smallest absolute Gasteiger partial charge is 0.259 e. The summed E-state index contributed by atoms with van der Waals surface area (Å²) < 4.78 is 27.7. The Hall–Kier alpha value is -2.19. The fraction of sp³-hybridized carbons (Fsp3) is 0.545. The molecule has 0 atom stereocenters. The molecule has 2 aromatic rings. The molecule has 0 unspecified atom stereocenters. The molecule has 2 fully saturated rings. The van der Waals surface area contributed by atoms with Crippen LogP contribution in [0.15, 0.2) is 34.1 Å². The van der Waals surface area contributed by atoms with E-state index in [1.54, 1.807) is 11.0 Å². The van der Waals surface area contributed by atoms with E-state index in [0.29, 0.717) is 37.6 Å². The normalized spacial score (nSPS) is 19.7. The Labute approximate surface area is 177 Å². The van der Waals surface area contributed by atoms with Gasteiger partial charge in [-0.2, -0.15) is 4.31 Å². The van der Waals surface area contributed by atoms with E-state index in [-0.39, 0.29) is 21.8 Å². The fourth-order valence-electron chi connectivity index (χ4n) is 4.34.